The Bertz CT molecular complexity index is 1890. The number of carbonyl (C=O) groups excluding carboxylic acids is 3. The van der Waals surface area contributed by atoms with Gasteiger partial charge in [-0.3, -0.25) is 19.4 Å². The fourth-order valence-corrected chi connectivity index (χ4v) is 6.01. The van der Waals surface area contributed by atoms with E-state index in [4.69, 9.17) is 4.74 Å². The Hall–Kier alpha value is -5.50. The summed E-state index contributed by atoms with van der Waals surface area (Å²) in [6.45, 7) is 1.26. The van der Waals surface area contributed by atoms with E-state index in [2.05, 4.69) is 45.9 Å². The molecule has 0 bridgehead atoms. The number of hydrogen-bond acceptors (Lipinski definition) is 5. The molecule has 8 nitrogen and oxygen atoms in total. The predicted molar refractivity (Wildman–Crippen MR) is 170 cm³/mol. The topological polar surface area (TPSA) is 101 Å². The van der Waals surface area contributed by atoms with E-state index < -0.39 is 0 Å². The normalized spacial score (nSPS) is 14.8. The average molecular weight is 583 g/mol. The van der Waals surface area contributed by atoms with E-state index in [1.54, 1.807) is 36.5 Å². The van der Waals surface area contributed by atoms with Crippen molar-refractivity contribution in [2.24, 2.45) is 0 Å². The molecule has 2 aliphatic rings. The molecule has 0 radical (unpaired) electrons. The van der Waals surface area contributed by atoms with E-state index in [1.165, 1.54) is 5.56 Å². The van der Waals surface area contributed by atoms with Gasteiger partial charge in [-0.05, 0) is 83.6 Å². The molecule has 1 saturated heterocycles. The second kappa shape index (κ2) is 11.6. The van der Waals surface area contributed by atoms with E-state index >= 15 is 0 Å². The van der Waals surface area contributed by atoms with Gasteiger partial charge in [-0.15, -0.1) is 0 Å². The first kappa shape index (κ1) is 27.3. The van der Waals surface area contributed by atoms with Crippen LogP contribution in [0.25, 0.3) is 22.0 Å². The van der Waals surface area contributed by atoms with Gasteiger partial charge in [0, 0.05) is 36.1 Å². The maximum Gasteiger partial charge on any atom is 0.262 e. The van der Waals surface area contributed by atoms with Gasteiger partial charge in [0.1, 0.15) is 5.75 Å². The molecule has 1 fully saturated rings. The summed E-state index contributed by atoms with van der Waals surface area (Å²) in [7, 11) is 0. The van der Waals surface area contributed by atoms with Gasteiger partial charge in [-0.1, -0.05) is 48.5 Å². The zero-order valence-electron chi connectivity index (χ0n) is 24.0. The highest BCUT2D eigenvalue weighted by molar-refractivity contribution is 6.08. The first-order valence-corrected chi connectivity index (χ1v) is 14.7. The highest BCUT2D eigenvalue weighted by Gasteiger charge is 2.26. The summed E-state index contributed by atoms with van der Waals surface area (Å²) in [4.78, 5) is 44.6. The van der Waals surface area contributed by atoms with Gasteiger partial charge < -0.3 is 20.3 Å². The van der Waals surface area contributed by atoms with E-state index in [0.717, 1.165) is 29.2 Å². The monoisotopic (exact) mass is 582 g/mol. The number of hydrogen-bond donors (Lipinski definition) is 2. The van der Waals surface area contributed by atoms with Crippen molar-refractivity contribution in [3.05, 3.63) is 120 Å². The van der Waals surface area contributed by atoms with Crippen LogP contribution >= 0.6 is 0 Å². The van der Waals surface area contributed by atoms with Crippen LogP contribution in [0.3, 0.4) is 0 Å². The lowest BCUT2D eigenvalue weighted by molar-refractivity contribution is -0.118. The fraction of sp³-hybridized carbons (Fsp3) is 0.167. The Morgan fingerprint density at radius 1 is 0.864 bits per heavy atom. The molecule has 4 aromatic carbocycles. The second-order valence-electron chi connectivity index (χ2n) is 11.2. The van der Waals surface area contributed by atoms with Crippen LogP contribution in [0.1, 0.15) is 45.0 Å². The van der Waals surface area contributed by atoms with Gasteiger partial charge in [-0.2, -0.15) is 0 Å². The molecule has 2 N–H and O–H groups in total. The molecule has 7 rings (SSSR count). The van der Waals surface area contributed by atoms with Crippen LogP contribution in [0, 0.1) is 0 Å². The summed E-state index contributed by atoms with van der Waals surface area (Å²) < 4.78 is 5.40. The number of anilines is 2. The van der Waals surface area contributed by atoms with E-state index in [0.29, 0.717) is 53.0 Å². The van der Waals surface area contributed by atoms with Gasteiger partial charge in [0.25, 0.3) is 17.7 Å². The summed E-state index contributed by atoms with van der Waals surface area (Å²) in [6, 6.07) is 30.9. The predicted octanol–water partition coefficient (Wildman–Crippen LogP) is 6.50. The number of aromatic nitrogens is 1. The van der Waals surface area contributed by atoms with Gasteiger partial charge >= 0.3 is 0 Å². The van der Waals surface area contributed by atoms with Crippen LogP contribution in [0.4, 0.5) is 11.4 Å². The molecule has 218 valence electrons. The molecule has 44 heavy (non-hydrogen) atoms. The second-order valence-corrected chi connectivity index (χ2v) is 11.2. The number of amides is 3. The van der Waals surface area contributed by atoms with Crippen molar-refractivity contribution in [3.63, 3.8) is 0 Å². The number of pyridine rings is 1. The first-order valence-electron chi connectivity index (χ1n) is 14.7. The van der Waals surface area contributed by atoms with Crippen molar-refractivity contribution in [2.75, 3.05) is 30.3 Å². The largest absolute Gasteiger partial charge is 0.482 e. The lowest BCUT2D eigenvalue weighted by Crippen LogP contribution is -2.38. The third-order valence-electron chi connectivity index (χ3n) is 8.36. The van der Waals surface area contributed by atoms with Crippen molar-refractivity contribution >= 4 is 39.9 Å². The number of piperidine rings is 1. The van der Waals surface area contributed by atoms with Crippen LogP contribution in [-0.2, 0) is 4.79 Å². The molecular weight excluding hydrogens is 552 g/mol. The summed E-state index contributed by atoms with van der Waals surface area (Å²) in [6.07, 6.45) is 3.39. The maximum atomic E-state index is 13.4. The third kappa shape index (κ3) is 5.49. The average Bonchev–Trinajstić information content (AvgIpc) is 3.08. The Morgan fingerprint density at radius 2 is 1.66 bits per heavy atom. The minimum absolute atomic E-state index is 0.0152. The van der Waals surface area contributed by atoms with Gasteiger partial charge in [0.15, 0.2) is 6.61 Å². The Morgan fingerprint density at radius 3 is 2.48 bits per heavy atom. The molecule has 0 spiro atoms. The molecule has 0 saturated carbocycles. The highest BCUT2D eigenvalue weighted by Crippen LogP contribution is 2.32. The Labute approximate surface area is 254 Å². The van der Waals surface area contributed by atoms with Crippen molar-refractivity contribution in [2.45, 2.75) is 18.8 Å². The van der Waals surface area contributed by atoms with Gasteiger partial charge in [-0.25, -0.2) is 0 Å². The molecule has 1 aromatic heterocycles. The summed E-state index contributed by atoms with van der Waals surface area (Å²) in [5.74, 6) is 0.399. The lowest BCUT2D eigenvalue weighted by Gasteiger charge is -2.32. The zero-order valence-corrected chi connectivity index (χ0v) is 24.0. The number of benzene rings is 4. The van der Waals surface area contributed by atoms with Crippen molar-refractivity contribution < 1.29 is 19.1 Å². The number of rotatable bonds is 5. The van der Waals surface area contributed by atoms with Crippen molar-refractivity contribution in [1.82, 2.24) is 9.88 Å². The first-order chi connectivity index (χ1) is 21.5. The molecule has 2 aliphatic heterocycles. The maximum absolute atomic E-state index is 13.4. The van der Waals surface area contributed by atoms with Crippen LogP contribution in [0.15, 0.2) is 103 Å². The number of nitrogens with zero attached hydrogens (tertiary/aromatic N) is 2. The number of fused-ring (bicyclic) bond motifs is 2. The smallest absolute Gasteiger partial charge is 0.262 e. The molecule has 3 heterocycles. The molecule has 0 aliphatic carbocycles. The van der Waals surface area contributed by atoms with E-state index in [-0.39, 0.29) is 24.3 Å². The molecule has 0 atom stereocenters. The number of carbonyl (C=O) groups is 3. The van der Waals surface area contributed by atoms with Crippen molar-refractivity contribution in [3.8, 4) is 17.0 Å². The minimum Gasteiger partial charge on any atom is -0.482 e. The van der Waals surface area contributed by atoms with Gasteiger partial charge in [0.2, 0.25) is 0 Å². The summed E-state index contributed by atoms with van der Waals surface area (Å²) in [5, 5.41) is 8.03. The molecule has 0 unspecified atom stereocenters. The third-order valence-corrected chi connectivity index (χ3v) is 8.36. The van der Waals surface area contributed by atoms with Crippen molar-refractivity contribution in [1.29, 1.82) is 0 Å². The van der Waals surface area contributed by atoms with E-state index in [9.17, 15) is 14.4 Å². The number of likely N-dealkylation sites (tertiary alicyclic amines) is 1. The van der Waals surface area contributed by atoms with Gasteiger partial charge in [0.05, 0.1) is 16.9 Å². The van der Waals surface area contributed by atoms with Crippen LogP contribution < -0.4 is 15.4 Å². The number of nitrogens with one attached hydrogen (secondary N) is 2. The summed E-state index contributed by atoms with van der Waals surface area (Å²) >= 11 is 0. The number of ether oxygens (including phenoxy) is 1. The van der Waals surface area contributed by atoms with Crippen LogP contribution in [0.5, 0.6) is 5.75 Å². The standard InChI is InChI=1S/C36H30N4O4/c41-33-22-44-32-14-11-28(21-31(32)39-33)36(43)40-18-15-25(16-19-40)24-9-12-29(13-10-24)38-35(42)30-6-3-17-37-34(30)27-8-7-23-4-1-2-5-26(23)20-27/h1-14,17,20-21,25H,15-16,18-19,22H2,(H,38,42)(H,39,41). The van der Waals surface area contributed by atoms with E-state index in [1.807, 2.05) is 41.3 Å². The quantitative estimate of drug-likeness (QED) is 0.246. The minimum atomic E-state index is -0.226. The fourth-order valence-electron chi connectivity index (χ4n) is 6.01. The highest BCUT2D eigenvalue weighted by atomic mass is 16.5. The van der Waals surface area contributed by atoms with Crippen LogP contribution in [-0.4, -0.2) is 47.3 Å². The molecule has 8 heteroatoms. The molecular formula is C36H30N4O4. The SMILES string of the molecule is O=C1COc2ccc(C(=O)N3CCC(c4ccc(NC(=O)c5cccnc5-c5ccc6ccccc6c5)cc4)CC3)cc2N1. The molecule has 3 amide bonds. The Kier molecular flexibility index (Phi) is 7.24. The zero-order chi connectivity index (χ0) is 30.0. The summed E-state index contributed by atoms with van der Waals surface area (Å²) in [5.41, 5.74) is 5.00. The van der Waals surface area contributed by atoms with Crippen LogP contribution in [0.2, 0.25) is 0 Å². The lowest BCUT2D eigenvalue weighted by atomic mass is 9.89. The molecule has 5 aromatic rings. The Balaban J connectivity index is 0.988.